The van der Waals surface area contributed by atoms with Crippen LogP contribution in [0, 0.1) is 0 Å². The Bertz CT molecular complexity index is 485. The maximum atomic E-state index is 11.8. The van der Waals surface area contributed by atoms with Crippen molar-refractivity contribution in [2.75, 3.05) is 13.6 Å². The first-order chi connectivity index (χ1) is 9.15. The lowest BCUT2D eigenvalue weighted by Gasteiger charge is -2.38. The van der Waals surface area contributed by atoms with Crippen molar-refractivity contribution in [2.45, 2.75) is 37.3 Å². The third kappa shape index (κ3) is 2.56. The Morgan fingerprint density at radius 3 is 2.68 bits per heavy atom. The van der Waals surface area contributed by atoms with Gasteiger partial charge in [0.2, 0.25) is 5.91 Å². The molecule has 1 aliphatic carbocycles. The van der Waals surface area contributed by atoms with Crippen molar-refractivity contribution in [1.82, 2.24) is 10.2 Å². The van der Waals surface area contributed by atoms with Crippen LogP contribution in [0.4, 0.5) is 0 Å². The fraction of sp³-hybridized carbons (Fsp3) is 0.533. The summed E-state index contributed by atoms with van der Waals surface area (Å²) in [5.41, 5.74) is 1.40. The summed E-state index contributed by atoms with van der Waals surface area (Å²) in [5, 5.41) is 3.51. The van der Waals surface area contributed by atoms with E-state index >= 15 is 0 Å². The fourth-order valence-corrected chi connectivity index (χ4v) is 3.68. The molecular weight excluding hydrogens is 304 g/mol. The Kier molecular flexibility index (Phi) is 3.63. The van der Waals surface area contributed by atoms with E-state index in [1.807, 2.05) is 11.9 Å². The van der Waals surface area contributed by atoms with Gasteiger partial charge in [-0.15, -0.1) is 0 Å². The Hall–Kier alpha value is -0.870. The SMILES string of the molecule is CN1CCC(NC2CC(c3ccccc3Br)C2)C1=O. The molecule has 19 heavy (non-hydrogen) atoms. The number of nitrogens with one attached hydrogen (secondary N) is 1. The van der Waals surface area contributed by atoms with Gasteiger partial charge in [-0.25, -0.2) is 0 Å². The molecule has 0 bridgehead atoms. The van der Waals surface area contributed by atoms with Crippen LogP contribution in [0.15, 0.2) is 28.7 Å². The van der Waals surface area contributed by atoms with Gasteiger partial charge < -0.3 is 10.2 Å². The molecule has 1 saturated carbocycles. The average molecular weight is 323 g/mol. The van der Waals surface area contributed by atoms with Crippen LogP contribution in [-0.4, -0.2) is 36.5 Å². The highest BCUT2D eigenvalue weighted by Gasteiger charge is 2.36. The van der Waals surface area contributed by atoms with E-state index in [0.717, 1.165) is 25.8 Å². The average Bonchev–Trinajstić information content (AvgIpc) is 2.66. The quantitative estimate of drug-likeness (QED) is 0.927. The Morgan fingerprint density at radius 1 is 1.32 bits per heavy atom. The summed E-state index contributed by atoms with van der Waals surface area (Å²) in [6.07, 6.45) is 3.22. The highest BCUT2D eigenvalue weighted by molar-refractivity contribution is 9.10. The van der Waals surface area contributed by atoms with Crippen LogP contribution >= 0.6 is 15.9 Å². The first-order valence-electron chi connectivity index (χ1n) is 6.90. The van der Waals surface area contributed by atoms with Gasteiger partial charge in [0.25, 0.3) is 0 Å². The zero-order chi connectivity index (χ0) is 13.4. The monoisotopic (exact) mass is 322 g/mol. The maximum Gasteiger partial charge on any atom is 0.239 e. The van der Waals surface area contributed by atoms with Crippen molar-refractivity contribution in [1.29, 1.82) is 0 Å². The second-order valence-electron chi connectivity index (χ2n) is 5.65. The normalized spacial score (nSPS) is 30.5. The van der Waals surface area contributed by atoms with E-state index in [1.54, 1.807) is 0 Å². The highest BCUT2D eigenvalue weighted by Crippen LogP contribution is 2.40. The molecule has 3 nitrogen and oxygen atoms in total. The van der Waals surface area contributed by atoms with Gasteiger partial charge >= 0.3 is 0 Å². The molecule has 1 heterocycles. The van der Waals surface area contributed by atoms with Gasteiger partial charge in [-0.2, -0.15) is 0 Å². The first-order valence-corrected chi connectivity index (χ1v) is 7.70. The molecule has 102 valence electrons. The number of benzene rings is 1. The molecule has 1 saturated heterocycles. The molecule has 1 amide bonds. The van der Waals surface area contributed by atoms with Crippen molar-refractivity contribution >= 4 is 21.8 Å². The van der Waals surface area contributed by atoms with Gasteiger partial charge in [-0.1, -0.05) is 34.1 Å². The van der Waals surface area contributed by atoms with E-state index in [9.17, 15) is 4.79 Å². The van der Waals surface area contributed by atoms with E-state index in [-0.39, 0.29) is 11.9 Å². The van der Waals surface area contributed by atoms with Gasteiger partial charge in [0.05, 0.1) is 6.04 Å². The van der Waals surface area contributed by atoms with E-state index in [4.69, 9.17) is 0 Å². The van der Waals surface area contributed by atoms with E-state index in [2.05, 4.69) is 45.5 Å². The van der Waals surface area contributed by atoms with Crippen molar-refractivity contribution < 1.29 is 4.79 Å². The number of hydrogen-bond donors (Lipinski definition) is 1. The summed E-state index contributed by atoms with van der Waals surface area (Å²) in [7, 11) is 1.88. The summed E-state index contributed by atoms with van der Waals surface area (Å²) < 4.78 is 1.20. The van der Waals surface area contributed by atoms with Crippen molar-refractivity contribution in [3.8, 4) is 0 Å². The van der Waals surface area contributed by atoms with Crippen molar-refractivity contribution in [3.05, 3.63) is 34.3 Å². The number of rotatable bonds is 3. The molecule has 1 unspecified atom stereocenters. The molecule has 0 aromatic heterocycles. The maximum absolute atomic E-state index is 11.8. The third-order valence-electron chi connectivity index (χ3n) is 4.35. The zero-order valence-electron chi connectivity index (χ0n) is 11.1. The second-order valence-corrected chi connectivity index (χ2v) is 6.51. The van der Waals surface area contributed by atoms with Crippen LogP contribution in [0.25, 0.3) is 0 Å². The summed E-state index contributed by atoms with van der Waals surface area (Å²) in [4.78, 5) is 13.7. The number of halogens is 1. The summed E-state index contributed by atoms with van der Waals surface area (Å²) in [6.45, 7) is 0.886. The minimum Gasteiger partial charge on any atom is -0.344 e. The molecule has 2 fully saturated rings. The van der Waals surface area contributed by atoms with Gasteiger partial charge in [-0.05, 0) is 36.8 Å². The zero-order valence-corrected chi connectivity index (χ0v) is 12.7. The van der Waals surface area contributed by atoms with Crippen LogP contribution in [0.2, 0.25) is 0 Å². The predicted octanol–water partition coefficient (Wildman–Crippen LogP) is 2.52. The molecule has 4 heteroatoms. The van der Waals surface area contributed by atoms with Crippen LogP contribution in [0.1, 0.15) is 30.7 Å². The molecule has 2 aliphatic rings. The van der Waals surface area contributed by atoms with Crippen molar-refractivity contribution in [3.63, 3.8) is 0 Å². The largest absolute Gasteiger partial charge is 0.344 e. The van der Waals surface area contributed by atoms with Gasteiger partial charge in [0.1, 0.15) is 0 Å². The number of carbonyl (C=O) groups excluding carboxylic acids is 1. The molecule has 1 atom stereocenters. The topological polar surface area (TPSA) is 32.3 Å². The smallest absolute Gasteiger partial charge is 0.239 e. The standard InChI is InChI=1S/C15H19BrN2O/c1-18-7-6-14(15(18)19)17-11-8-10(9-11)12-4-2-3-5-13(12)16/h2-5,10-11,14,17H,6-9H2,1H3. The molecular formula is C15H19BrN2O. The highest BCUT2D eigenvalue weighted by atomic mass is 79.9. The van der Waals surface area contributed by atoms with Crippen LogP contribution in [-0.2, 0) is 4.79 Å². The molecule has 1 aromatic carbocycles. The fourth-order valence-electron chi connectivity index (χ4n) is 3.08. The van der Waals surface area contributed by atoms with Gasteiger partial charge in [-0.3, -0.25) is 4.79 Å². The number of nitrogens with zero attached hydrogens (tertiary/aromatic N) is 1. The lowest BCUT2D eigenvalue weighted by molar-refractivity contribution is -0.128. The third-order valence-corrected chi connectivity index (χ3v) is 5.07. The Morgan fingerprint density at radius 2 is 2.05 bits per heavy atom. The Balaban J connectivity index is 1.54. The lowest BCUT2D eigenvalue weighted by Crippen LogP contribution is -2.48. The summed E-state index contributed by atoms with van der Waals surface area (Å²) in [6, 6.07) is 8.99. The van der Waals surface area contributed by atoms with Gasteiger partial charge in [0, 0.05) is 24.1 Å². The minimum absolute atomic E-state index is 0.0511. The summed E-state index contributed by atoms with van der Waals surface area (Å²) >= 11 is 3.62. The van der Waals surface area contributed by atoms with E-state index in [1.165, 1.54) is 10.0 Å². The second kappa shape index (κ2) is 5.25. The van der Waals surface area contributed by atoms with E-state index < -0.39 is 0 Å². The molecule has 0 radical (unpaired) electrons. The number of likely N-dealkylation sites (N-methyl/N-ethyl adjacent to an activating group) is 1. The van der Waals surface area contributed by atoms with Crippen LogP contribution in [0.5, 0.6) is 0 Å². The van der Waals surface area contributed by atoms with Crippen molar-refractivity contribution in [2.24, 2.45) is 0 Å². The van der Waals surface area contributed by atoms with Gasteiger partial charge in [0.15, 0.2) is 0 Å². The number of amides is 1. The predicted molar refractivity (Wildman–Crippen MR) is 79.1 cm³/mol. The molecule has 1 aliphatic heterocycles. The molecule has 1 N–H and O–H groups in total. The number of likely N-dealkylation sites (tertiary alicyclic amines) is 1. The number of carbonyl (C=O) groups is 1. The Labute approximate surface area is 122 Å². The molecule has 0 spiro atoms. The molecule has 1 aromatic rings. The first kappa shape index (κ1) is 13.1. The minimum atomic E-state index is 0.0511. The van der Waals surface area contributed by atoms with Crippen LogP contribution in [0.3, 0.4) is 0 Å². The summed E-state index contributed by atoms with van der Waals surface area (Å²) in [5.74, 6) is 0.881. The van der Waals surface area contributed by atoms with Crippen LogP contribution < -0.4 is 5.32 Å². The number of hydrogen-bond acceptors (Lipinski definition) is 2. The molecule has 3 rings (SSSR count). The lowest BCUT2D eigenvalue weighted by atomic mass is 9.75. The van der Waals surface area contributed by atoms with E-state index in [0.29, 0.717) is 12.0 Å².